The molecule has 0 saturated carbocycles. The second-order valence-electron chi connectivity index (χ2n) is 4.90. The number of nitrogens with one attached hydrogen (secondary N) is 1. The Kier molecular flexibility index (Phi) is 5.04. The highest BCUT2D eigenvalue weighted by molar-refractivity contribution is 6.57. The topological polar surface area (TPSA) is 49.4 Å². The van der Waals surface area contributed by atoms with E-state index in [1.54, 1.807) is 6.07 Å². The fourth-order valence-electron chi connectivity index (χ4n) is 2.22. The summed E-state index contributed by atoms with van der Waals surface area (Å²) in [6, 6.07) is 3.11. The van der Waals surface area contributed by atoms with Gasteiger partial charge in [-0.1, -0.05) is 36.7 Å². The summed E-state index contributed by atoms with van der Waals surface area (Å²) in [6.07, 6.45) is 1.01. The summed E-state index contributed by atoms with van der Waals surface area (Å²) in [5.41, 5.74) is 1.37. The first-order chi connectivity index (χ1) is 9.97. The van der Waals surface area contributed by atoms with E-state index in [9.17, 15) is 9.59 Å². The minimum absolute atomic E-state index is 0.184. The maximum absolute atomic E-state index is 12.1. The van der Waals surface area contributed by atoms with Gasteiger partial charge in [-0.25, -0.2) is 0 Å². The molecular weight excluding hydrogens is 311 g/mol. The van der Waals surface area contributed by atoms with E-state index in [4.69, 9.17) is 23.2 Å². The van der Waals surface area contributed by atoms with Crippen LogP contribution in [0.15, 0.2) is 24.3 Å². The molecule has 112 valence electrons. The number of halogens is 2. The summed E-state index contributed by atoms with van der Waals surface area (Å²) in [6.45, 7) is 7.69. The summed E-state index contributed by atoms with van der Waals surface area (Å²) >= 11 is 12.1. The van der Waals surface area contributed by atoms with Crippen molar-refractivity contribution in [2.24, 2.45) is 0 Å². The van der Waals surface area contributed by atoms with Gasteiger partial charge in [-0.3, -0.25) is 14.5 Å². The van der Waals surface area contributed by atoms with Crippen molar-refractivity contribution in [1.82, 2.24) is 5.32 Å². The molecule has 0 bridgehead atoms. The molecule has 2 rings (SSSR count). The largest absolute Gasteiger partial charge is 0.313 e. The van der Waals surface area contributed by atoms with E-state index in [2.05, 4.69) is 18.8 Å². The number of rotatable bonds is 6. The predicted molar refractivity (Wildman–Crippen MR) is 85.4 cm³/mol. The Hall–Kier alpha value is -1.36. The molecule has 0 aliphatic carbocycles. The van der Waals surface area contributed by atoms with Crippen LogP contribution in [0.25, 0.3) is 0 Å². The van der Waals surface area contributed by atoms with Crippen LogP contribution in [0, 0.1) is 0 Å². The number of nitrogens with zero attached hydrogens (tertiary/aromatic N) is 1. The molecule has 1 aromatic carbocycles. The van der Waals surface area contributed by atoms with E-state index in [1.165, 1.54) is 11.0 Å². The van der Waals surface area contributed by atoms with Gasteiger partial charge in [0, 0.05) is 13.1 Å². The van der Waals surface area contributed by atoms with E-state index in [1.807, 2.05) is 0 Å². The number of benzene rings is 1. The first-order valence-electron chi connectivity index (χ1n) is 6.69. The van der Waals surface area contributed by atoms with Crippen LogP contribution in [0.2, 0.25) is 10.0 Å². The lowest BCUT2D eigenvalue weighted by molar-refractivity contribution is -0.114. The van der Waals surface area contributed by atoms with Crippen LogP contribution in [0.1, 0.15) is 23.7 Å². The van der Waals surface area contributed by atoms with Gasteiger partial charge in [-0.2, -0.15) is 0 Å². The molecule has 0 saturated heterocycles. The molecule has 1 N–H and O–H groups in total. The molecule has 0 atom stereocenters. The van der Waals surface area contributed by atoms with Crippen LogP contribution in [-0.2, 0) is 4.79 Å². The first kappa shape index (κ1) is 16.0. The van der Waals surface area contributed by atoms with Crippen LogP contribution in [-0.4, -0.2) is 31.3 Å². The van der Waals surface area contributed by atoms with E-state index in [0.29, 0.717) is 17.3 Å². The maximum Gasteiger partial charge on any atom is 0.299 e. The standard InChI is InChI=1S/C15H16Cl2N2O2/c1-3-6-18-7-9(2)8-19-13-11(17)5-4-10(16)12(13)14(20)15(19)21/h4-5,18H,2-3,6-8H2,1H3. The summed E-state index contributed by atoms with van der Waals surface area (Å²) in [7, 11) is 0. The fraction of sp³-hybridized carbons (Fsp3) is 0.333. The highest BCUT2D eigenvalue weighted by atomic mass is 35.5. The third-order valence-electron chi connectivity index (χ3n) is 3.20. The Balaban J connectivity index is 2.23. The molecule has 6 heteroatoms. The lowest BCUT2D eigenvalue weighted by Gasteiger charge is -2.19. The van der Waals surface area contributed by atoms with Gasteiger partial charge in [0.05, 0.1) is 21.3 Å². The SMILES string of the molecule is C=C(CNCCC)CN1C(=O)C(=O)c2c(Cl)ccc(Cl)c21. The number of carbonyl (C=O) groups is 2. The average molecular weight is 327 g/mol. The minimum Gasteiger partial charge on any atom is -0.313 e. The Labute approximate surface area is 133 Å². The number of fused-ring (bicyclic) bond motifs is 1. The van der Waals surface area contributed by atoms with Gasteiger partial charge in [0.25, 0.3) is 11.7 Å². The zero-order valence-electron chi connectivity index (χ0n) is 11.7. The third-order valence-corrected chi connectivity index (χ3v) is 3.82. The molecule has 21 heavy (non-hydrogen) atoms. The van der Waals surface area contributed by atoms with Crippen LogP contribution in [0.4, 0.5) is 5.69 Å². The second-order valence-corrected chi connectivity index (χ2v) is 5.71. The number of Topliss-reactive ketones (excluding diaryl/α,β-unsaturated/α-hetero) is 1. The van der Waals surface area contributed by atoms with Crippen LogP contribution >= 0.6 is 23.2 Å². The molecule has 1 aliphatic rings. The number of hydrogen-bond donors (Lipinski definition) is 1. The monoisotopic (exact) mass is 326 g/mol. The summed E-state index contributed by atoms with van der Waals surface area (Å²) in [5, 5.41) is 3.78. The van der Waals surface area contributed by atoms with Crippen molar-refractivity contribution in [3.05, 3.63) is 39.9 Å². The smallest absolute Gasteiger partial charge is 0.299 e. The first-order valence-corrected chi connectivity index (χ1v) is 7.44. The van der Waals surface area contributed by atoms with E-state index < -0.39 is 11.7 Å². The molecule has 1 aromatic rings. The Morgan fingerprint density at radius 3 is 2.62 bits per heavy atom. The van der Waals surface area contributed by atoms with Crippen LogP contribution in [0.3, 0.4) is 0 Å². The van der Waals surface area contributed by atoms with Crippen molar-refractivity contribution in [1.29, 1.82) is 0 Å². The van der Waals surface area contributed by atoms with Crippen LogP contribution < -0.4 is 10.2 Å². The molecule has 1 heterocycles. The van der Waals surface area contributed by atoms with E-state index in [0.717, 1.165) is 18.5 Å². The summed E-state index contributed by atoms with van der Waals surface area (Å²) < 4.78 is 0. The normalized spacial score (nSPS) is 13.8. The molecule has 1 aliphatic heterocycles. The zero-order chi connectivity index (χ0) is 15.6. The molecular formula is C15H16Cl2N2O2. The van der Waals surface area contributed by atoms with Gasteiger partial charge in [0.1, 0.15) is 0 Å². The van der Waals surface area contributed by atoms with Crippen molar-refractivity contribution in [3.8, 4) is 0 Å². The van der Waals surface area contributed by atoms with E-state index in [-0.39, 0.29) is 17.1 Å². The van der Waals surface area contributed by atoms with Gasteiger partial charge in [0.2, 0.25) is 0 Å². The number of amides is 1. The lowest BCUT2D eigenvalue weighted by atomic mass is 10.1. The van der Waals surface area contributed by atoms with Crippen molar-refractivity contribution in [2.75, 3.05) is 24.5 Å². The lowest BCUT2D eigenvalue weighted by Crippen LogP contribution is -2.33. The molecule has 4 nitrogen and oxygen atoms in total. The van der Waals surface area contributed by atoms with Crippen LogP contribution in [0.5, 0.6) is 0 Å². The van der Waals surface area contributed by atoms with Gasteiger partial charge in [-0.05, 0) is 30.7 Å². The minimum atomic E-state index is -0.619. The van der Waals surface area contributed by atoms with Crippen molar-refractivity contribution in [2.45, 2.75) is 13.3 Å². The number of anilines is 1. The highest BCUT2D eigenvalue weighted by Crippen LogP contribution is 2.40. The quantitative estimate of drug-likeness (QED) is 0.496. The Bertz CT molecular complexity index is 614. The molecule has 0 aromatic heterocycles. The third kappa shape index (κ3) is 3.12. The number of ketones is 1. The van der Waals surface area contributed by atoms with E-state index >= 15 is 0 Å². The van der Waals surface area contributed by atoms with Gasteiger partial charge in [0.15, 0.2) is 0 Å². The maximum atomic E-state index is 12.1. The molecule has 1 amide bonds. The second kappa shape index (κ2) is 6.60. The summed E-state index contributed by atoms with van der Waals surface area (Å²) in [5.74, 6) is -1.23. The molecule has 0 fully saturated rings. The van der Waals surface area contributed by atoms with Crippen molar-refractivity contribution >= 4 is 40.6 Å². The number of carbonyl (C=O) groups excluding carboxylic acids is 2. The van der Waals surface area contributed by atoms with Gasteiger partial charge in [-0.15, -0.1) is 0 Å². The Morgan fingerprint density at radius 1 is 1.29 bits per heavy atom. The predicted octanol–water partition coefficient (Wildman–Crippen LogP) is 3.08. The summed E-state index contributed by atoms with van der Waals surface area (Å²) in [4.78, 5) is 25.5. The zero-order valence-corrected chi connectivity index (χ0v) is 13.2. The molecule has 0 spiro atoms. The fourth-order valence-corrected chi connectivity index (χ4v) is 2.72. The van der Waals surface area contributed by atoms with Crippen molar-refractivity contribution < 1.29 is 9.59 Å². The Morgan fingerprint density at radius 2 is 1.95 bits per heavy atom. The van der Waals surface area contributed by atoms with Crippen molar-refractivity contribution in [3.63, 3.8) is 0 Å². The average Bonchev–Trinajstić information content (AvgIpc) is 2.69. The van der Waals surface area contributed by atoms with Gasteiger partial charge >= 0.3 is 0 Å². The number of hydrogen-bond acceptors (Lipinski definition) is 3. The van der Waals surface area contributed by atoms with Gasteiger partial charge < -0.3 is 5.32 Å². The molecule has 0 unspecified atom stereocenters. The molecule has 0 radical (unpaired) electrons. The highest BCUT2D eigenvalue weighted by Gasteiger charge is 2.39.